The lowest BCUT2D eigenvalue weighted by atomic mass is 10.2. The number of anilines is 1. The zero-order valence-corrected chi connectivity index (χ0v) is 10.2. The summed E-state index contributed by atoms with van der Waals surface area (Å²) in [6, 6.07) is 9.33. The zero-order valence-electron chi connectivity index (χ0n) is 10.2. The molecule has 0 radical (unpaired) electrons. The second kappa shape index (κ2) is 5.86. The average Bonchev–Trinajstić information content (AvgIpc) is 2.90. The van der Waals surface area contributed by atoms with Crippen molar-refractivity contribution in [1.82, 2.24) is 15.5 Å². The highest BCUT2D eigenvalue weighted by Gasteiger charge is 2.04. The smallest absolute Gasteiger partial charge is 0.251 e. The Morgan fingerprint density at radius 1 is 1.39 bits per heavy atom. The van der Waals surface area contributed by atoms with Crippen molar-refractivity contribution in [2.24, 2.45) is 0 Å². The highest BCUT2D eigenvalue weighted by molar-refractivity contribution is 5.95. The number of H-pyrrole nitrogens is 1. The Morgan fingerprint density at radius 3 is 3.00 bits per heavy atom. The summed E-state index contributed by atoms with van der Waals surface area (Å²) in [5.41, 5.74) is 2.57. The van der Waals surface area contributed by atoms with Gasteiger partial charge < -0.3 is 10.6 Å². The molecule has 1 aromatic heterocycles. The normalized spacial score (nSPS) is 10.1. The number of benzene rings is 1. The van der Waals surface area contributed by atoms with Crippen LogP contribution in [0.25, 0.3) is 0 Å². The molecule has 94 valence electrons. The summed E-state index contributed by atoms with van der Waals surface area (Å²) in [5.74, 6) is -0.0531. The van der Waals surface area contributed by atoms with Crippen LogP contribution in [-0.2, 0) is 6.54 Å². The van der Waals surface area contributed by atoms with E-state index >= 15 is 0 Å². The first-order valence-corrected chi connectivity index (χ1v) is 5.90. The van der Waals surface area contributed by atoms with Crippen molar-refractivity contribution in [3.8, 4) is 0 Å². The number of nitrogens with one attached hydrogen (secondary N) is 3. The number of rotatable bonds is 5. The van der Waals surface area contributed by atoms with E-state index in [0.29, 0.717) is 18.7 Å². The van der Waals surface area contributed by atoms with Gasteiger partial charge in [-0.2, -0.15) is 5.10 Å². The molecule has 0 atom stereocenters. The van der Waals surface area contributed by atoms with Crippen LogP contribution in [0.15, 0.2) is 36.5 Å². The van der Waals surface area contributed by atoms with Gasteiger partial charge in [0.15, 0.2) is 0 Å². The molecule has 0 aliphatic carbocycles. The minimum atomic E-state index is -0.0531. The van der Waals surface area contributed by atoms with E-state index in [1.807, 2.05) is 31.2 Å². The van der Waals surface area contributed by atoms with Gasteiger partial charge in [0.2, 0.25) is 0 Å². The van der Waals surface area contributed by atoms with Gasteiger partial charge in [0, 0.05) is 24.0 Å². The molecule has 1 amide bonds. The van der Waals surface area contributed by atoms with Gasteiger partial charge in [-0.25, -0.2) is 0 Å². The Labute approximate surface area is 106 Å². The molecule has 0 unspecified atom stereocenters. The van der Waals surface area contributed by atoms with Gasteiger partial charge in [-0.15, -0.1) is 0 Å². The maximum atomic E-state index is 11.7. The highest BCUT2D eigenvalue weighted by Crippen LogP contribution is 2.11. The van der Waals surface area contributed by atoms with E-state index < -0.39 is 0 Å². The average molecular weight is 244 g/mol. The lowest BCUT2D eigenvalue weighted by Crippen LogP contribution is -2.22. The minimum Gasteiger partial charge on any atom is -0.379 e. The van der Waals surface area contributed by atoms with Crippen LogP contribution in [-0.4, -0.2) is 22.6 Å². The van der Waals surface area contributed by atoms with Crippen molar-refractivity contribution in [2.45, 2.75) is 13.5 Å². The van der Waals surface area contributed by atoms with Gasteiger partial charge in [0.25, 0.3) is 5.91 Å². The molecule has 2 aromatic rings. The van der Waals surface area contributed by atoms with Crippen molar-refractivity contribution >= 4 is 11.6 Å². The Balaban J connectivity index is 2.01. The molecule has 0 spiro atoms. The van der Waals surface area contributed by atoms with Crippen LogP contribution in [0, 0.1) is 0 Å². The van der Waals surface area contributed by atoms with Crippen LogP contribution < -0.4 is 10.6 Å². The number of aromatic amines is 1. The highest BCUT2D eigenvalue weighted by atomic mass is 16.1. The Morgan fingerprint density at radius 2 is 2.28 bits per heavy atom. The Hall–Kier alpha value is -2.30. The van der Waals surface area contributed by atoms with E-state index in [4.69, 9.17) is 0 Å². The van der Waals surface area contributed by atoms with Crippen molar-refractivity contribution in [3.05, 3.63) is 47.8 Å². The molecule has 0 aliphatic heterocycles. The molecule has 0 saturated carbocycles. The molecule has 18 heavy (non-hydrogen) atoms. The number of aromatic nitrogens is 2. The van der Waals surface area contributed by atoms with Gasteiger partial charge in [-0.05, 0) is 31.2 Å². The molecular formula is C13H16N4O. The number of nitrogens with zero attached hydrogens (tertiary/aromatic N) is 1. The van der Waals surface area contributed by atoms with E-state index in [2.05, 4.69) is 20.8 Å². The third-order valence-corrected chi connectivity index (χ3v) is 2.50. The fraction of sp³-hybridized carbons (Fsp3) is 0.231. The third-order valence-electron chi connectivity index (χ3n) is 2.50. The first kappa shape index (κ1) is 12.2. The van der Waals surface area contributed by atoms with Crippen LogP contribution in [0.5, 0.6) is 0 Å². The van der Waals surface area contributed by atoms with Gasteiger partial charge in [0.1, 0.15) is 0 Å². The van der Waals surface area contributed by atoms with Gasteiger partial charge in [-0.3, -0.25) is 9.89 Å². The Kier molecular flexibility index (Phi) is 3.96. The summed E-state index contributed by atoms with van der Waals surface area (Å²) in [6.07, 6.45) is 1.71. The van der Waals surface area contributed by atoms with E-state index in [0.717, 1.165) is 11.4 Å². The number of carbonyl (C=O) groups is 1. The van der Waals surface area contributed by atoms with Crippen molar-refractivity contribution in [3.63, 3.8) is 0 Å². The minimum absolute atomic E-state index is 0.0531. The van der Waals surface area contributed by atoms with E-state index in [1.54, 1.807) is 12.3 Å². The van der Waals surface area contributed by atoms with Crippen LogP contribution in [0.2, 0.25) is 0 Å². The van der Waals surface area contributed by atoms with Gasteiger partial charge >= 0.3 is 0 Å². The maximum absolute atomic E-state index is 11.7. The van der Waals surface area contributed by atoms with Crippen molar-refractivity contribution in [2.75, 3.05) is 11.9 Å². The SMILES string of the molecule is CCNC(=O)c1cccc(NCc2ccn[nH]2)c1. The fourth-order valence-corrected chi connectivity index (χ4v) is 1.61. The molecule has 0 aliphatic rings. The maximum Gasteiger partial charge on any atom is 0.251 e. The molecule has 0 bridgehead atoms. The topological polar surface area (TPSA) is 69.8 Å². The summed E-state index contributed by atoms with van der Waals surface area (Å²) in [4.78, 5) is 11.7. The van der Waals surface area contributed by atoms with Crippen LogP contribution in [0.1, 0.15) is 23.0 Å². The first-order chi connectivity index (χ1) is 8.79. The largest absolute Gasteiger partial charge is 0.379 e. The summed E-state index contributed by atoms with van der Waals surface area (Å²) < 4.78 is 0. The van der Waals surface area contributed by atoms with Gasteiger partial charge in [0.05, 0.1) is 12.2 Å². The number of carbonyl (C=O) groups excluding carboxylic acids is 1. The monoisotopic (exact) mass is 244 g/mol. The predicted molar refractivity (Wildman–Crippen MR) is 70.4 cm³/mol. The summed E-state index contributed by atoms with van der Waals surface area (Å²) in [6.45, 7) is 3.18. The van der Waals surface area contributed by atoms with Crippen LogP contribution in [0.3, 0.4) is 0 Å². The number of hydrogen-bond acceptors (Lipinski definition) is 3. The molecule has 5 heteroatoms. The standard InChI is InChI=1S/C13H16N4O/c1-2-14-13(18)10-4-3-5-11(8-10)15-9-12-6-7-16-17-12/h3-8,15H,2,9H2,1H3,(H,14,18)(H,16,17). The summed E-state index contributed by atoms with van der Waals surface area (Å²) in [5, 5.41) is 12.8. The molecule has 0 fully saturated rings. The summed E-state index contributed by atoms with van der Waals surface area (Å²) >= 11 is 0. The lowest BCUT2D eigenvalue weighted by molar-refractivity contribution is 0.0956. The van der Waals surface area contributed by atoms with Crippen molar-refractivity contribution < 1.29 is 4.79 Å². The molecule has 1 heterocycles. The van der Waals surface area contributed by atoms with E-state index in [-0.39, 0.29) is 5.91 Å². The van der Waals surface area contributed by atoms with Crippen LogP contribution >= 0.6 is 0 Å². The second-order valence-corrected chi connectivity index (χ2v) is 3.88. The predicted octanol–water partition coefficient (Wildman–Crippen LogP) is 1.77. The van der Waals surface area contributed by atoms with Gasteiger partial charge in [-0.1, -0.05) is 6.07 Å². The fourth-order valence-electron chi connectivity index (χ4n) is 1.61. The van der Waals surface area contributed by atoms with E-state index in [9.17, 15) is 4.79 Å². The quantitative estimate of drug-likeness (QED) is 0.750. The van der Waals surface area contributed by atoms with Crippen LogP contribution in [0.4, 0.5) is 5.69 Å². The lowest BCUT2D eigenvalue weighted by Gasteiger charge is -2.07. The molecular weight excluding hydrogens is 228 g/mol. The zero-order chi connectivity index (χ0) is 12.8. The van der Waals surface area contributed by atoms with Crippen molar-refractivity contribution in [1.29, 1.82) is 0 Å². The first-order valence-electron chi connectivity index (χ1n) is 5.90. The molecule has 3 N–H and O–H groups in total. The molecule has 2 rings (SSSR count). The third kappa shape index (κ3) is 3.10. The second-order valence-electron chi connectivity index (χ2n) is 3.88. The number of amides is 1. The molecule has 5 nitrogen and oxygen atoms in total. The number of hydrogen-bond donors (Lipinski definition) is 3. The Bertz CT molecular complexity index is 507. The molecule has 0 saturated heterocycles. The summed E-state index contributed by atoms with van der Waals surface area (Å²) in [7, 11) is 0. The van der Waals surface area contributed by atoms with E-state index in [1.165, 1.54) is 0 Å². The molecule has 1 aromatic carbocycles.